The van der Waals surface area contributed by atoms with Gasteiger partial charge in [-0.3, -0.25) is 0 Å². The zero-order chi connectivity index (χ0) is 14.1. The third kappa shape index (κ3) is 2.67. The maximum Gasteiger partial charge on any atom is 0.124 e. The minimum atomic E-state index is -0.220. The maximum atomic E-state index is 13.2. The fourth-order valence-electron chi connectivity index (χ4n) is 2.90. The summed E-state index contributed by atoms with van der Waals surface area (Å²) in [5.41, 5.74) is 2.34. The molecule has 2 atom stereocenters. The van der Waals surface area contributed by atoms with E-state index in [1.54, 1.807) is 6.26 Å². The van der Waals surface area contributed by atoms with E-state index in [1.165, 1.54) is 17.7 Å². The summed E-state index contributed by atoms with van der Waals surface area (Å²) in [6, 6.07) is 7.36. The van der Waals surface area contributed by atoms with Crippen molar-refractivity contribution in [2.45, 2.75) is 38.3 Å². The Morgan fingerprint density at radius 3 is 3.05 bits per heavy atom. The second-order valence-corrected chi connectivity index (χ2v) is 6.15. The number of halogens is 2. The second kappa shape index (κ2) is 5.70. The van der Waals surface area contributed by atoms with Crippen LogP contribution in [0.3, 0.4) is 0 Å². The summed E-state index contributed by atoms with van der Waals surface area (Å²) in [6.07, 6.45) is 5.03. The molecule has 0 saturated heterocycles. The molecule has 2 nitrogen and oxygen atoms in total. The third-order valence-corrected chi connectivity index (χ3v) is 4.62. The zero-order valence-corrected chi connectivity index (χ0v) is 12.9. The highest BCUT2D eigenvalue weighted by Crippen LogP contribution is 2.33. The summed E-state index contributed by atoms with van der Waals surface area (Å²) in [7, 11) is 0. The molecule has 0 radical (unpaired) electrons. The number of aryl methyl sites for hydroxylation is 1. The van der Waals surface area contributed by atoms with Crippen LogP contribution < -0.4 is 5.32 Å². The van der Waals surface area contributed by atoms with E-state index in [2.05, 4.69) is 34.2 Å². The van der Waals surface area contributed by atoms with Gasteiger partial charge in [-0.2, -0.15) is 0 Å². The molecule has 2 unspecified atom stereocenters. The first kappa shape index (κ1) is 13.8. The van der Waals surface area contributed by atoms with Gasteiger partial charge < -0.3 is 9.73 Å². The lowest BCUT2D eigenvalue weighted by atomic mass is 9.92. The molecule has 0 bridgehead atoms. The summed E-state index contributed by atoms with van der Waals surface area (Å²) in [5.74, 6) is 0.877. The van der Waals surface area contributed by atoms with Crippen molar-refractivity contribution in [3.8, 4) is 0 Å². The molecule has 0 spiro atoms. The molecule has 1 heterocycles. The summed E-state index contributed by atoms with van der Waals surface area (Å²) in [4.78, 5) is 0. The van der Waals surface area contributed by atoms with Gasteiger partial charge in [0.1, 0.15) is 11.6 Å². The lowest BCUT2D eigenvalue weighted by Gasteiger charge is -2.27. The Morgan fingerprint density at radius 2 is 2.25 bits per heavy atom. The van der Waals surface area contributed by atoms with Gasteiger partial charge in [0, 0.05) is 28.5 Å². The van der Waals surface area contributed by atoms with Gasteiger partial charge in [0.25, 0.3) is 0 Å². The van der Waals surface area contributed by atoms with Crippen LogP contribution in [0.4, 0.5) is 4.39 Å². The smallest absolute Gasteiger partial charge is 0.124 e. The molecule has 4 heteroatoms. The molecule has 2 aromatic rings. The lowest BCUT2D eigenvalue weighted by Crippen LogP contribution is -2.27. The van der Waals surface area contributed by atoms with Crippen molar-refractivity contribution in [3.05, 3.63) is 57.7 Å². The Bertz CT molecular complexity index is 610. The van der Waals surface area contributed by atoms with Gasteiger partial charge in [0.15, 0.2) is 0 Å². The van der Waals surface area contributed by atoms with Gasteiger partial charge in [-0.1, -0.05) is 22.0 Å². The first-order valence-electron chi connectivity index (χ1n) is 6.92. The first-order valence-corrected chi connectivity index (χ1v) is 7.71. The fraction of sp³-hybridized carbons (Fsp3) is 0.375. The summed E-state index contributed by atoms with van der Waals surface area (Å²) in [6.45, 7) is 2.10. The Hall–Kier alpha value is -1.13. The highest BCUT2D eigenvalue weighted by atomic mass is 79.9. The Balaban J connectivity index is 1.79. The Labute approximate surface area is 126 Å². The third-order valence-electron chi connectivity index (χ3n) is 3.93. The fourth-order valence-corrected chi connectivity index (χ4v) is 3.60. The van der Waals surface area contributed by atoms with Crippen LogP contribution in [0, 0.1) is 5.82 Å². The highest BCUT2D eigenvalue weighted by molar-refractivity contribution is 9.10. The van der Waals surface area contributed by atoms with Crippen LogP contribution in [-0.4, -0.2) is 0 Å². The van der Waals surface area contributed by atoms with E-state index in [4.69, 9.17) is 4.42 Å². The largest absolute Gasteiger partial charge is 0.469 e. The Morgan fingerprint density at radius 1 is 1.40 bits per heavy atom. The first-order chi connectivity index (χ1) is 9.65. The maximum absolute atomic E-state index is 13.2. The number of nitrogens with one attached hydrogen (secondary N) is 1. The summed E-state index contributed by atoms with van der Waals surface area (Å²) >= 11 is 3.44. The standard InChI is InChI=1S/C16H17BrFNO/c1-10(12-6-5-11(18)9-14(12)17)19-15-3-2-4-16-13(15)7-8-20-16/h5-10,15,19H,2-4H2,1H3. The molecule has 1 aromatic heterocycles. The van der Waals surface area contributed by atoms with Crippen LogP contribution in [-0.2, 0) is 6.42 Å². The normalized spacial score (nSPS) is 19.6. The molecular formula is C16H17BrFNO. The van der Waals surface area contributed by atoms with Gasteiger partial charge in [0.2, 0.25) is 0 Å². The Kier molecular flexibility index (Phi) is 3.94. The van der Waals surface area contributed by atoms with E-state index in [-0.39, 0.29) is 11.9 Å². The van der Waals surface area contributed by atoms with Crippen LogP contribution in [0.5, 0.6) is 0 Å². The van der Waals surface area contributed by atoms with Gasteiger partial charge in [0.05, 0.1) is 6.26 Å². The van der Waals surface area contributed by atoms with Crippen LogP contribution >= 0.6 is 15.9 Å². The summed E-state index contributed by atoms with van der Waals surface area (Å²) < 4.78 is 19.5. The lowest BCUT2D eigenvalue weighted by molar-refractivity contribution is 0.385. The molecule has 1 N–H and O–H groups in total. The van der Waals surface area contributed by atoms with Crippen molar-refractivity contribution in [2.24, 2.45) is 0 Å². The molecule has 1 aromatic carbocycles. The van der Waals surface area contributed by atoms with E-state index >= 15 is 0 Å². The van der Waals surface area contributed by atoms with Gasteiger partial charge in [-0.15, -0.1) is 0 Å². The second-order valence-electron chi connectivity index (χ2n) is 5.30. The molecule has 20 heavy (non-hydrogen) atoms. The molecule has 0 aliphatic heterocycles. The molecule has 3 rings (SSSR count). The molecule has 1 aliphatic carbocycles. The minimum Gasteiger partial charge on any atom is -0.469 e. The average molecular weight is 338 g/mol. The highest BCUT2D eigenvalue weighted by Gasteiger charge is 2.24. The van der Waals surface area contributed by atoms with Crippen molar-refractivity contribution in [3.63, 3.8) is 0 Å². The summed E-state index contributed by atoms with van der Waals surface area (Å²) in [5, 5.41) is 3.63. The van der Waals surface area contributed by atoms with Crippen molar-refractivity contribution in [1.82, 2.24) is 5.32 Å². The number of rotatable bonds is 3. The quantitative estimate of drug-likeness (QED) is 0.860. The predicted octanol–water partition coefficient (Wildman–Crippen LogP) is 4.91. The SMILES string of the molecule is CC(NC1CCCc2occc21)c1ccc(F)cc1Br. The van der Waals surface area contributed by atoms with E-state index in [0.717, 1.165) is 35.1 Å². The van der Waals surface area contributed by atoms with Gasteiger partial charge >= 0.3 is 0 Å². The average Bonchev–Trinajstić information content (AvgIpc) is 2.87. The molecular weight excluding hydrogens is 321 g/mol. The van der Waals surface area contributed by atoms with Gasteiger partial charge in [-0.05, 0) is 43.5 Å². The topological polar surface area (TPSA) is 25.2 Å². The monoisotopic (exact) mass is 337 g/mol. The van der Waals surface area contributed by atoms with Crippen LogP contribution in [0.2, 0.25) is 0 Å². The number of benzene rings is 1. The van der Waals surface area contributed by atoms with E-state index < -0.39 is 0 Å². The molecule has 0 fully saturated rings. The predicted molar refractivity (Wildman–Crippen MR) is 80.0 cm³/mol. The molecule has 0 saturated carbocycles. The van der Waals surface area contributed by atoms with E-state index in [9.17, 15) is 4.39 Å². The zero-order valence-electron chi connectivity index (χ0n) is 11.3. The van der Waals surface area contributed by atoms with Crippen molar-refractivity contribution in [1.29, 1.82) is 0 Å². The molecule has 106 valence electrons. The van der Waals surface area contributed by atoms with Crippen molar-refractivity contribution in [2.75, 3.05) is 0 Å². The number of hydrogen-bond acceptors (Lipinski definition) is 2. The van der Waals surface area contributed by atoms with E-state index in [0.29, 0.717) is 6.04 Å². The van der Waals surface area contributed by atoms with Gasteiger partial charge in [-0.25, -0.2) is 4.39 Å². The van der Waals surface area contributed by atoms with Crippen molar-refractivity contribution < 1.29 is 8.81 Å². The van der Waals surface area contributed by atoms with Crippen LogP contribution in [0.15, 0.2) is 39.4 Å². The molecule has 1 aliphatic rings. The van der Waals surface area contributed by atoms with E-state index in [1.807, 2.05) is 6.07 Å². The number of furan rings is 1. The number of fused-ring (bicyclic) bond motifs is 1. The van der Waals surface area contributed by atoms with Crippen LogP contribution in [0.1, 0.15) is 48.7 Å². The molecule has 0 amide bonds. The minimum absolute atomic E-state index is 0.149. The van der Waals surface area contributed by atoms with Crippen LogP contribution in [0.25, 0.3) is 0 Å². The van der Waals surface area contributed by atoms with Crippen molar-refractivity contribution >= 4 is 15.9 Å². The number of hydrogen-bond donors (Lipinski definition) is 1.